The van der Waals surface area contributed by atoms with Gasteiger partial charge in [-0.15, -0.1) is 0 Å². The number of fused-ring (bicyclic) bond motifs is 1. The lowest BCUT2D eigenvalue weighted by Crippen LogP contribution is -2.42. The van der Waals surface area contributed by atoms with Crippen LogP contribution < -0.4 is 10.5 Å². The molecule has 0 saturated heterocycles. The van der Waals surface area contributed by atoms with Crippen molar-refractivity contribution in [2.24, 2.45) is 10.7 Å². The molecular formula is C21H25N5O2S. The van der Waals surface area contributed by atoms with Crippen LogP contribution in [0.2, 0.25) is 0 Å². The van der Waals surface area contributed by atoms with Crippen molar-refractivity contribution in [1.29, 1.82) is 5.26 Å². The Morgan fingerprint density at radius 1 is 1.38 bits per heavy atom. The van der Waals surface area contributed by atoms with Crippen LogP contribution in [0.25, 0.3) is 0 Å². The smallest absolute Gasteiger partial charge is 0.254 e. The topological polar surface area (TPSA) is 95.0 Å². The first kappa shape index (κ1) is 20.8. The Balaban J connectivity index is 2.23. The standard InChI is InChI=1S/C21H25N5O2S/c1-6-25(7-2)20(27)17-13(4)24-21-26(19(23)16(11-22)29-21)18(17)14-9-8-12(3)15(10-14)28-5/h8-10,18H,6-7,23H2,1-5H3/t18-/m1/s1. The van der Waals surface area contributed by atoms with Crippen molar-refractivity contribution < 1.29 is 9.53 Å². The first-order valence-corrected chi connectivity index (χ1v) is 10.3. The van der Waals surface area contributed by atoms with Crippen molar-refractivity contribution >= 4 is 22.8 Å². The van der Waals surface area contributed by atoms with E-state index < -0.39 is 6.04 Å². The van der Waals surface area contributed by atoms with Crippen LogP contribution in [-0.2, 0) is 4.79 Å². The molecule has 0 radical (unpaired) electrons. The second kappa shape index (κ2) is 8.21. The lowest BCUT2D eigenvalue weighted by molar-refractivity contribution is -0.127. The van der Waals surface area contributed by atoms with Crippen molar-refractivity contribution in [3.63, 3.8) is 0 Å². The molecule has 1 atom stereocenters. The molecule has 1 aromatic rings. The molecule has 0 fully saturated rings. The second-order valence-electron chi connectivity index (χ2n) is 6.80. The van der Waals surface area contributed by atoms with Crippen LogP contribution in [0.1, 0.15) is 37.9 Å². The van der Waals surface area contributed by atoms with E-state index in [0.717, 1.165) is 16.9 Å². The average molecular weight is 412 g/mol. The quantitative estimate of drug-likeness (QED) is 0.799. The van der Waals surface area contributed by atoms with Gasteiger partial charge in [0.05, 0.1) is 24.4 Å². The van der Waals surface area contributed by atoms with E-state index in [1.165, 1.54) is 11.8 Å². The van der Waals surface area contributed by atoms with Crippen molar-refractivity contribution in [3.05, 3.63) is 51.3 Å². The Labute approximate surface area is 175 Å². The Hall–Kier alpha value is -2.92. The van der Waals surface area contributed by atoms with E-state index in [2.05, 4.69) is 11.1 Å². The minimum Gasteiger partial charge on any atom is -0.496 e. The highest BCUT2D eigenvalue weighted by atomic mass is 32.2. The van der Waals surface area contributed by atoms with Crippen LogP contribution in [0.15, 0.2) is 45.2 Å². The third-order valence-corrected chi connectivity index (χ3v) is 6.18. The molecule has 1 aromatic carbocycles. The van der Waals surface area contributed by atoms with Gasteiger partial charge in [-0.05, 0) is 56.7 Å². The molecule has 0 bridgehead atoms. The Bertz CT molecular complexity index is 985. The molecule has 2 aliphatic heterocycles. The van der Waals surface area contributed by atoms with Crippen LogP contribution in [0.5, 0.6) is 5.75 Å². The SMILES string of the molecule is CCN(CC)C(=O)C1=C(C)N=C2SC(C#N)=C(N)N2[C@@H]1c1ccc(C)c(OC)c1. The number of allylic oxidation sites excluding steroid dienone is 2. The Kier molecular flexibility index (Phi) is 5.89. The number of nitrogens with zero attached hydrogens (tertiary/aromatic N) is 4. The average Bonchev–Trinajstić information content (AvgIpc) is 3.03. The molecule has 29 heavy (non-hydrogen) atoms. The number of nitrogens with two attached hydrogens (primary N) is 1. The highest BCUT2D eigenvalue weighted by Crippen LogP contribution is 2.46. The summed E-state index contributed by atoms with van der Waals surface area (Å²) in [7, 11) is 1.62. The van der Waals surface area contributed by atoms with Crippen LogP contribution in [0.3, 0.4) is 0 Å². The number of ether oxygens (including phenoxy) is 1. The van der Waals surface area contributed by atoms with Crippen molar-refractivity contribution in [2.75, 3.05) is 20.2 Å². The molecular weight excluding hydrogens is 386 g/mol. The zero-order chi connectivity index (χ0) is 21.3. The maximum absolute atomic E-state index is 13.4. The number of thioether (sulfide) groups is 1. The van der Waals surface area contributed by atoms with Crippen LogP contribution in [0.4, 0.5) is 0 Å². The van der Waals surface area contributed by atoms with Gasteiger partial charge in [0.1, 0.15) is 22.5 Å². The summed E-state index contributed by atoms with van der Waals surface area (Å²) in [6, 6.07) is 7.51. The van der Waals surface area contributed by atoms with E-state index in [1.807, 2.05) is 45.9 Å². The number of methoxy groups -OCH3 is 1. The van der Waals surface area contributed by atoms with Crippen molar-refractivity contribution in [1.82, 2.24) is 9.80 Å². The summed E-state index contributed by atoms with van der Waals surface area (Å²) in [5, 5.41) is 10.1. The first-order chi connectivity index (χ1) is 13.9. The van der Waals surface area contributed by atoms with Crippen LogP contribution in [-0.4, -0.2) is 41.1 Å². The number of aryl methyl sites for hydroxylation is 1. The minimum atomic E-state index is -0.483. The fourth-order valence-corrected chi connectivity index (χ4v) is 4.53. The minimum absolute atomic E-state index is 0.0805. The molecule has 2 heterocycles. The zero-order valence-corrected chi connectivity index (χ0v) is 18.1. The highest BCUT2D eigenvalue weighted by molar-refractivity contribution is 8.17. The number of aliphatic imine (C=N–C) groups is 1. The lowest BCUT2D eigenvalue weighted by atomic mass is 9.92. The fourth-order valence-electron chi connectivity index (χ4n) is 3.62. The van der Waals surface area contributed by atoms with E-state index >= 15 is 0 Å². The highest BCUT2D eigenvalue weighted by Gasteiger charge is 2.43. The van der Waals surface area contributed by atoms with Crippen LogP contribution >= 0.6 is 11.8 Å². The number of amidine groups is 1. The number of amides is 1. The van der Waals surface area contributed by atoms with E-state index in [1.54, 1.807) is 16.9 Å². The summed E-state index contributed by atoms with van der Waals surface area (Å²) >= 11 is 1.23. The Morgan fingerprint density at radius 3 is 2.66 bits per heavy atom. The molecule has 0 saturated carbocycles. The van der Waals surface area contributed by atoms with Gasteiger partial charge in [0, 0.05) is 13.1 Å². The van der Waals surface area contributed by atoms with Gasteiger partial charge in [-0.3, -0.25) is 9.69 Å². The molecule has 0 aliphatic carbocycles. The number of carbonyl (C=O) groups excluding carboxylic acids is 1. The van der Waals surface area contributed by atoms with Crippen molar-refractivity contribution in [2.45, 2.75) is 33.7 Å². The molecule has 8 heteroatoms. The molecule has 0 unspecified atom stereocenters. The van der Waals surface area contributed by atoms with Gasteiger partial charge < -0.3 is 15.4 Å². The van der Waals surface area contributed by atoms with Gasteiger partial charge in [-0.25, -0.2) is 4.99 Å². The molecule has 152 valence electrons. The van der Waals surface area contributed by atoms with E-state index in [0.29, 0.717) is 40.3 Å². The predicted molar refractivity (Wildman–Crippen MR) is 115 cm³/mol. The van der Waals surface area contributed by atoms with Gasteiger partial charge in [-0.1, -0.05) is 12.1 Å². The number of rotatable bonds is 5. The molecule has 1 amide bonds. The molecule has 7 nitrogen and oxygen atoms in total. The first-order valence-electron chi connectivity index (χ1n) is 9.48. The molecule has 3 rings (SSSR count). The second-order valence-corrected chi connectivity index (χ2v) is 7.78. The third-order valence-electron chi connectivity index (χ3n) is 5.21. The largest absolute Gasteiger partial charge is 0.496 e. The van der Waals surface area contributed by atoms with Gasteiger partial charge in [0.25, 0.3) is 5.91 Å². The number of nitriles is 1. The predicted octanol–water partition coefficient (Wildman–Crippen LogP) is 3.26. The summed E-state index contributed by atoms with van der Waals surface area (Å²) in [6.45, 7) is 8.89. The van der Waals surface area contributed by atoms with E-state index in [-0.39, 0.29) is 5.91 Å². The molecule has 0 spiro atoms. The Morgan fingerprint density at radius 2 is 2.07 bits per heavy atom. The maximum Gasteiger partial charge on any atom is 0.254 e. The summed E-state index contributed by atoms with van der Waals surface area (Å²) < 4.78 is 5.51. The van der Waals surface area contributed by atoms with Gasteiger partial charge in [0.2, 0.25) is 0 Å². The lowest BCUT2D eigenvalue weighted by Gasteiger charge is -2.37. The summed E-state index contributed by atoms with van der Waals surface area (Å²) in [6.07, 6.45) is 0. The molecule has 2 N–H and O–H groups in total. The van der Waals surface area contributed by atoms with Gasteiger partial charge >= 0.3 is 0 Å². The molecule has 0 aromatic heterocycles. The van der Waals surface area contributed by atoms with Gasteiger partial charge in [-0.2, -0.15) is 5.26 Å². The van der Waals surface area contributed by atoms with E-state index in [9.17, 15) is 10.1 Å². The summed E-state index contributed by atoms with van der Waals surface area (Å²) in [4.78, 5) is 22.0. The summed E-state index contributed by atoms with van der Waals surface area (Å²) in [5.41, 5.74) is 9.38. The zero-order valence-electron chi connectivity index (χ0n) is 17.3. The number of hydrogen-bond donors (Lipinski definition) is 1. The number of likely N-dealkylation sites (N-methyl/N-ethyl adjacent to an activating group) is 1. The molecule has 2 aliphatic rings. The van der Waals surface area contributed by atoms with E-state index in [4.69, 9.17) is 10.5 Å². The summed E-state index contributed by atoms with van der Waals surface area (Å²) in [5.74, 6) is 0.968. The fraction of sp³-hybridized carbons (Fsp3) is 0.381. The van der Waals surface area contributed by atoms with Crippen molar-refractivity contribution in [3.8, 4) is 11.8 Å². The van der Waals surface area contributed by atoms with Gasteiger partial charge in [0.15, 0.2) is 5.17 Å². The van der Waals surface area contributed by atoms with Crippen LogP contribution in [0, 0.1) is 18.3 Å². The normalized spacial score (nSPS) is 18.4. The number of hydrogen-bond acceptors (Lipinski definition) is 7. The monoisotopic (exact) mass is 411 g/mol. The maximum atomic E-state index is 13.4. The number of benzene rings is 1. The third kappa shape index (κ3) is 3.47. The number of carbonyl (C=O) groups is 1.